The molecule has 1 amide bonds. The van der Waals surface area contributed by atoms with Crippen LogP contribution >= 0.6 is 24.0 Å². The van der Waals surface area contributed by atoms with Crippen LogP contribution in [-0.4, -0.2) is 57.2 Å². The van der Waals surface area contributed by atoms with Gasteiger partial charge in [-0.25, -0.2) is 14.7 Å². The van der Waals surface area contributed by atoms with E-state index in [-0.39, 0.29) is 35.9 Å². The molecule has 32 heavy (non-hydrogen) atoms. The number of carbonyl (C=O) groups excluding carboxylic acids is 1. The lowest BCUT2D eigenvalue weighted by Gasteiger charge is -2.26. The molecule has 2 aromatic heterocycles. The number of guanidine groups is 1. The van der Waals surface area contributed by atoms with Gasteiger partial charge < -0.3 is 15.5 Å². The quantitative estimate of drug-likeness (QED) is 0.328. The minimum absolute atomic E-state index is 0. The Balaban J connectivity index is 0.00000289. The normalized spacial score (nSPS) is 19.5. The molecule has 2 aliphatic rings. The number of hydrogen-bond acceptors (Lipinski definition) is 4. The summed E-state index contributed by atoms with van der Waals surface area (Å²) in [7, 11) is 0. The third-order valence-corrected chi connectivity index (χ3v) is 6.11. The number of amides is 1. The minimum Gasteiger partial charge on any atom is -0.357 e. The molecule has 174 valence electrons. The number of hydrogen-bond donors (Lipinski definition) is 2. The van der Waals surface area contributed by atoms with Crippen LogP contribution in [0.3, 0.4) is 0 Å². The molecule has 0 bridgehead atoms. The van der Waals surface area contributed by atoms with Crippen LogP contribution in [0.4, 0.5) is 0 Å². The van der Waals surface area contributed by atoms with Crippen molar-refractivity contribution in [3.63, 3.8) is 0 Å². The molecule has 8 nitrogen and oxygen atoms in total. The van der Waals surface area contributed by atoms with Crippen molar-refractivity contribution in [2.24, 2.45) is 10.9 Å². The summed E-state index contributed by atoms with van der Waals surface area (Å²) < 4.78 is 1.74. The highest BCUT2D eigenvalue weighted by atomic mass is 127. The van der Waals surface area contributed by atoms with Crippen molar-refractivity contribution in [1.29, 1.82) is 0 Å². The molecule has 3 heterocycles. The van der Waals surface area contributed by atoms with Gasteiger partial charge in [-0.15, -0.1) is 24.0 Å². The van der Waals surface area contributed by atoms with Gasteiger partial charge in [0.1, 0.15) is 0 Å². The summed E-state index contributed by atoms with van der Waals surface area (Å²) in [5, 5.41) is 11.1. The van der Waals surface area contributed by atoms with Crippen molar-refractivity contribution in [2.75, 3.05) is 19.6 Å². The zero-order valence-electron chi connectivity index (χ0n) is 18.7. The molecular formula is C23H34IN7O. The first-order chi connectivity index (χ1) is 15.2. The van der Waals surface area contributed by atoms with E-state index in [9.17, 15) is 4.79 Å². The average molecular weight is 551 g/mol. The summed E-state index contributed by atoms with van der Waals surface area (Å²) in [5.41, 5.74) is 1.07. The molecule has 9 heteroatoms. The molecule has 0 spiro atoms. The monoisotopic (exact) mass is 551 g/mol. The Hall–Kier alpha value is -2.17. The van der Waals surface area contributed by atoms with Crippen molar-refractivity contribution in [3.8, 4) is 5.82 Å². The van der Waals surface area contributed by atoms with Gasteiger partial charge in [-0.3, -0.25) is 4.79 Å². The van der Waals surface area contributed by atoms with Gasteiger partial charge in [0.25, 0.3) is 0 Å². The number of rotatable bonds is 6. The van der Waals surface area contributed by atoms with E-state index in [1.807, 2.05) is 24.4 Å². The van der Waals surface area contributed by atoms with E-state index in [0.29, 0.717) is 12.5 Å². The van der Waals surface area contributed by atoms with Gasteiger partial charge in [0.15, 0.2) is 11.8 Å². The maximum absolute atomic E-state index is 12.8. The highest BCUT2D eigenvalue weighted by Crippen LogP contribution is 2.26. The van der Waals surface area contributed by atoms with Crippen molar-refractivity contribution in [3.05, 3.63) is 42.4 Å². The van der Waals surface area contributed by atoms with E-state index in [1.165, 1.54) is 19.3 Å². The Morgan fingerprint density at radius 2 is 2.06 bits per heavy atom. The van der Waals surface area contributed by atoms with Crippen molar-refractivity contribution >= 4 is 35.8 Å². The van der Waals surface area contributed by atoms with E-state index in [2.05, 4.69) is 32.5 Å². The van der Waals surface area contributed by atoms with Crippen LogP contribution in [0, 0.1) is 5.92 Å². The average Bonchev–Trinajstić information content (AvgIpc) is 3.51. The fraction of sp³-hybridized carbons (Fsp3) is 0.565. The van der Waals surface area contributed by atoms with Crippen LogP contribution in [-0.2, 0) is 11.3 Å². The maximum atomic E-state index is 12.8. The molecule has 0 aromatic carbocycles. The second-order valence-corrected chi connectivity index (χ2v) is 8.42. The van der Waals surface area contributed by atoms with Gasteiger partial charge >= 0.3 is 0 Å². The molecule has 2 fully saturated rings. The minimum atomic E-state index is 0. The Kier molecular flexibility index (Phi) is 9.31. The van der Waals surface area contributed by atoms with Gasteiger partial charge in [-0.05, 0) is 49.9 Å². The Morgan fingerprint density at radius 3 is 2.81 bits per heavy atom. The zero-order chi connectivity index (χ0) is 21.5. The smallest absolute Gasteiger partial charge is 0.225 e. The van der Waals surface area contributed by atoms with Crippen molar-refractivity contribution in [1.82, 2.24) is 30.3 Å². The van der Waals surface area contributed by atoms with Gasteiger partial charge in [-0.2, -0.15) is 5.10 Å². The largest absolute Gasteiger partial charge is 0.357 e. The van der Waals surface area contributed by atoms with Gasteiger partial charge in [0, 0.05) is 50.2 Å². The van der Waals surface area contributed by atoms with Gasteiger partial charge in [-0.1, -0.05) is 19.3 Å². The van der Waals surface area contributed by atoms with E-state index in [1.54, 1.807) is 17.1 Å². The maximum Gasteiger partial charge on any atom is 0.225 e. The number of aromatic nitrogens is 3. The first-order valence-corrected chi connectivity index (χ1v) is 11.5. The molecule has 1 saturated heterocycles. The van der Waals surface area contributed by atoms with E-state index >= 15 is 0 Å². The second kappa shape index (κ2) is 12.2. The first-order valence-electron chi connectivity index (χ1n) is 11.5. The Bertz CT molecular complexity index is 880. The SMILES string of the molecule is CCNC(=NCc1ccnc(-n2cccn2)c1)NC1CCN(C(=O)C2CCCCC2)C1.I. The summed E-state index contributed by atoms with van der Waals surface area (Å²) in [6, 6.07) is 6.09. The van der Waals surface area contributed by atoms with E-state index in [4.69, 9.17) is 4.99 Å². The highest BCUT2D eigenvalue weighted by molar-refractivity contribution is 14.0. The van der Waals surface area contributed by atoms with Crippen LogP contribution in [0.1, 0.15) is 51.0 Å². The molecule has 1 aliphatic carbocycles. The predicted octanol–water partition coefficient (Wildman–Crippen LogP) is 3.12. The van der Waals surface area contributed by atoms with E-state index < -0.39 is 0 Å². The Morgan fingerprint density at radius 1 is 1.22 bits per heavy atom. The third kappa shape index (κ3) is 6.43. The van der Waals surface area contributed by atoms with Gasteiger partial charge in [0.05, 0.1) is 6.54 Å². The molecule has 1 atom stereocenters. The number of carbonyl (C=O) groups is 1. The fourth-order valence-electron chi connectivity index (χ4n) is 4.46. The summed E-state index contributed by atoms with van der Waals surface area (Å²) in [6.07, 6.45) is 12.1. The highest BCUT2D eigenvalue weighted by Gasteiger charge is 2.31. The summed E-state index contributed by atoms with van der Waals surface area (Å²) >= 11 is 0. The summed E-state index contributed by atoms with van der Waals surface area (Å²) in [4.78, 5) is 24.0. The lowest BCUT2D eigenvalue weighted by Crippen LogP contribution is -2.45. The summed E-state index contributed by atoms with van der Waals surface area (Å²) in [5.74, 6) is 2.17. The lowest BCUT2D eigenvalue weighted by molar-refractivity contribution is -0.135. The molecular weight excluding hydrogens is 517 g/mol. The molecule has 0 radical (unpaired) electrons. The van der Waals surface area contributed by atoms with Crippen molar-refractivity contribution < 1.29 is 4.79 Å². The Labute approximate surface area is 207 Å². The van der Waals surface area contributed by atoms with Crippen LogP contribution in [0.15, 0.2) is 41.8 Å². The third-order valence-electron chi connectivity index (χ3n) is 6.11. The number of halogens is 1. The number of aliphatic imine (C=N–C) groups is 1. The number of nitrogens with zero attached hydrogens (tertiary/aromatic N) is 5. The van der Waals surface area contributed by atoms with Crippen LogP contribution < -0.4 is 10.6 Å². The standard InChI is InChI=1S/C23H33N7O.HI/c1-2-24-23(26-16-18-9-12-25-21(15-18)30-13-6-11-27-30)28-20-10-14-29(17-20)22(31)19-7-4-3-5-8-19;/h6,9,11-13,15,19-20H,2-5,7-8,10,14,16-17H2,1H3,(H2,24,26,28);1H. The molecule has 1 saturated carbocycles. The lowest BCUT2D eigenvalue weighted by atomic mass is 9.88. The molecule has 4 rings (SSSR count). The number of likely N-dealkylation sites (tertiary alicyclic amines) is 1. The molecule has 1 unspecified atom stereocenters. The van der Waals surface area contributed by atoms with Crippen LogP contribution in [0.2, 0.25) is 0 Å². The first kappa shape index (κ1) is 24.5. The van der Waals surface area contributed by atoms with Crippen LogP contribution in [0.5, 0.6) is 0 Å². The number of nitrogens with one attached hydrogen (secondary N) is 2. The number of pyridine rings is 1. The topological polar surface area (TPSA) is 87.4 Å². The van der Waals surface area contributed by atoms with Crippen molar-refractivity contribution in [2.45, 2.75) is 58.0 Å². The fourth-order valence-corrected chi connectivity index (χ4v) is 4.46. The van der Waals surface area contributed by atoms with Crippen LogP contribution in [0.25, 0.3) is 5.82 Å². The predicted molar refractivity (Wildman–Crippen MR) is 136 cm³/mol. The van der Waals surface area contributed by atoms with E-state index in [0.717, 1.165) is 56.2 Å². The molecule has 2 N–H and O–H groups in total. The summed E-state index contributed by atoms with van der Waals surface area (Å²) in [6.45, 7) is 5.00. The molecule has 1 aliphatic heterocycles. The second-order valence-electron chi connectivity index (χ2n) is 8.42. The zero-order valence-corrected chi connectivity index (χ0v) is 21.1. The van der Waals surface area contributed by atoms with Gasteiger partial charge in [0.2, 0.25) is 5.91 Å². The molecule has 2 aromatic rings.